The van der Waals surface area contributed by atoms with Crippen LogP contribution in [0.15, 0.2) is 17.5 Å². The van der Waals surface area contributed by atoms with Crippen LogP contribution in [0.3, 0.4) is 0 Å². The molecule has 3 heteroatoms. The van der Waals surface area contributed by atoms with Crippen LogP contribution in [0.25, 0.3) is 0 Å². The zero-order valence-corrected chi connectivity index (χ0v) is 8.23. The highest BCUT2D eigenvalue weighted by Crippen LogP contribution is 2.17. The van der Waals surface area contributed by atoms with Crippen molar-refractivity contribution in [1.82, 2.24) is 5.32 Å². The average Bonchev–Trinajstić information content (AvgIpc) is 2.56. The van der Waals surface area contributed by atoms with Crippen molar-refractivity contribution in [2.45, 2.75) is 19.4 Å². The number of hydrogen-bond donors (Lipinski definition) is 2. The Balaban J connectivity index is 2.25. The molecule has 2 nitrogen and oxygen atoms in total. The van der Waals surface area contributed by atoms with E-state index in [4.69, 9.17) is 5.73 Å². The highest BCUT2D eigenvalue weighted by Gasteiger charge is 2.03. The molecule has 68 valence electrons. The molecule has 0 saturated heterocycles. The second kappa shape index (κ2) is 5.30. The summed E-state index contributed by atoms with van der Waals surface area (Å²) in [6.07, 6.45) is 1.05. The molecule has 0 spiro atoms. The Labute approximate surface area is 77.8 Å². The van der Waals surface area contributed by atoms with Gasteiger partial charge in [0.05, 0.1) is 0 Å². The average molecular weight is 184 g/mol. The summed E-state index contributed by atoms with van der Waals surface area (Å²) in [5, 5.41) is 5.52. The van der Waals surface area contributed by atoms with Crippen LogP contribution in [0.4, 0.5) is 0 Å². The van der Waals surface area contributed by atoms with E-state index in [2.05, 4.69) is 29.8 Å². The second-order valence-electron chi connectivity index (χ2n) is 2.83. The van der Waals surface area contributed by atoms with Crippen molar-refractivity contribution in [1.29, 1.82) is 0 Å². The third kappa shape index (κ3) is 2.93. The topological polar surface area (TPSA) is 38.0 Å². The Morgan fingerprint density at radius 1 is 1.67 bits per heavy atom. The van der Waals surface area contributed by atoms with Crippen molar-refractivity contribution in [2.75, 3.05) is 13.1 Å². The third-order valence-electron chi connectivity index (χ3n) is 1.80. The number of nitrogens with two attached hydrogens (primary N) is 1. The van der Waals surface area contributed by atoms with Crippen LogP contribution in [-0.4, -0.2) is 13.1 Å². The fourth-order valence-corrected chi connectivity index (χ4v) is 1.82. The molecule has 0 aliphatic rings. The molecule has 0 fully saturated rings. The molecule has 0 aliphatic heterocycles. The lowest BCUT2D eigenvalue weighted by Crippen LogP contribution is -2.21. The van der Waals surface area contributed by atoms with Crippen molar-refractivity contribution in [2.24, 2.45) is 5.73 Å². The van der Waals surface area contributed by atoms with Gasteiger partial charge in [0.25, 0.3) is 0 Å². The van der Waals surface area contributed by atoms with Crippen molar-refractivity contribution < 1.29 is 0 Å². The van der Waals surface area contributed by atoms with Crippen molar-refractivity contribution >= 4 is 11.3 Å². The molecule has 0 bridgehead atoms. The van der Waals surface area contributed by atoms with Gasteiger partial charge in [-0.2, -0.15) is 0 Å². The number of nitrogens with one attached hydrogen (secondary N) is 1. The zero-order valence-electron chi connectivity index (χ0n) is 7.42. The van der Waals surface area contributed by atoms with Gasteiger partial charge < -0.3 is 11.1 Å². The third-order valence-corrected chi connectivity index (χ3v) is 2.86. The van der Waals surface area contributed by atoms with E-state index < -0.39 is 0 Å². The predicted molar refractivity (Wildman–Crippen MR) is 54.4 cm³/mol. The van der Waals surface area contributed by atoms with Gasteiger partial charge in [-0.25, -0.2) is 0 Å². The van der Waals surface area contributed by atoms with E-state index in [0.29, 0.717) is 6.04 Å². The van der Waals surface area contributed by atoms with Crippen molar-refractivity contribution in [3.05, 3.63) is 22.4 Å². The molecule has 1 heterocycles. The molecule has 0 amide bonds. The van der Waals surface area contributed by atoms with Gasteiger partial charge in [-0.05, 0) is 37.9 Å². The lowest BCUT2D eigenvalue weighted by molar-refractivity contribution is 0.569. The number of hydrogen-bond acceptors (Lipinski definition) is 3. The number of thiophene rings is 1. The van der Waals surface area contributed by atoms with Gasteiger partial charge >= 0.3 is 0 Å². The monoisotopic (exact) mass is 184 g/mol. The van der Waals surface area contributed by atoms with Crippen LogP contribution in [0.1, 0.15) is 24.3 Å². The van der Waals surface area contributed by atoms with Gasteiger partial charge in [0.2, 0.25) is 0 Å². The summed E-state index contributed by atoms with van der Waals surface area (Å²) in [7, 11) is 0. The molecule has 1 aromatic heterocycles. The fraction of sp³-hybridized carbons (Fsp3) is 0.556. The number of rotatable bonds is 5. The van der Waals surface area contributed by atoms with Crippen LogP contribution in [0.2, 0.25) is 0 Å². The van der Waals surface area contributed by atoms with E-state index in [0.717, 1.165) is 19.5 Å². The van der Waals surface area contributed by atoms with Crippen molar-refractivity contribution in [3.63, 3.8) is 0 Å². The Morgan fingerprint density at radius 2 is 2.50 bits per heavy atom. The minimum Gasteiger partial charge on any atom is -0.330 e. The van der Waals surface area contributed by atoms with Crippen LogP contribution >= 0.6 is 11.3 Å². The molecule has 1 atom stereocenters. The first-order chi connectivity index (χ1) is 5.84. The summed E-state index contributed by atoms with van der Waals surface area (Å²) in [4.78, 5) is 1.40. The molecule has 12 heavy (non-hydrogen) atoms. The van der Waals surface area contributed by atoms with Crippen LogP contribution in [-0.2, 0) is 0 Å². The first-order valence-corrected chi connectivity index (χ1v) is 5.19. The van der Waals surface area contributed by atoms with E-state index in [9.17, 15) is 0 Å². The molecule has 3 N–H and O–H groups in total. The predicted octanol–water partition coefficient (Wildman–Crippen LogP) is 1.75. The summed E-state index contributed by atoms with van der Waals surface area (Å²) in [6.45, 7) is 3.96. The highest BCUT2D eigenvalue weighted by atomic mass is 32.1. The standard InChI is InChI=1S/C9H16N2S/c1-8(11-6-3-5-10)9-4-2-7-12-9/h2,4,7-8,11H,3,5-6,10H2,1H3/t8-/m1/s1. The minimum absolute atomic E-state index is 0.469. The smallest absolute Gasteiger partial charge is 0.0386 e. The van der Waals surface area contributed by atoms with Crippen LogP contribution in [0, 0.1) is 0 Å². The first-order valence-electron chi connectivity index (χ1n) is 4.31. The lowest BCUT2D eigenvalue weighted by atomic mass is 10.2. The Hall–Kier alpha value is -0.380. The van der Waals surface area contributed by atoms with E-state index in [1.165, 1.54) is 4.88 Å². The maximum Gasteiger partial charge on any atom is 0.0386 e. The highest BCUT2D eigenvalue weighted by molar-refractivity contribution is 7.10. The quantitative estimate of drug-likeness (QED) is 0.684. The van der Waals surface area contributed by atoms with Gasteiger partial charge in [0.15, 0.2) is 0 Å². The van der Waals surface area contributed by atoms with Crippen LogP contribution in [0.5, 0.6) is 0 Å². The van der Waals surface area contributed by atoms with Gasteiger partial charge in [0.1, 0.15) is 0 Å². The maximum atomic E-state index is 5.40. The zero-order chi connectivity index (χ0) is 8.81. The van der Waals surface area contributed by atoms with Gasteiger partial charge in [-0.15, -0.1) is 11.3 Å². The Bertz CT molecular complexity index is 196. The SMILES string of the molecule is C[C@@H](NCCCN)c1cccs1. The van der Waals surface area contributed by atoms with E-state index in [1.54, 1.807) is 11.3 Å². The summed E-state index contributed by atoms with van der Waals surface area (Å²) in [5.74, 6) is 0. The molecule has 0 aliphatic carbocycles. The summed E-state index contributed by atoms with van der Waals surface area (Å²) < 4.78 is 0. The molecule has 1 aromatic rings. The van der Waals surface area contributed by atoms with Gasteiger partial charge in [-0.1, -0.05) is 6.07 Å². The second-order valence-corrected chi connectivity index (χ2v) is 3.81. The Kier molecular flexibility index (Phi) is 4.29. The molecular formula is C9H16N2S. The maximum absolute atomic E-state index is 5.40. The molecule has 1 rings (SSSR count). The molecule has 0 aromatic carbocycles. The largest absolute Gasteiger partial charge is 0.330 e. The lowest BCUT2D eigenvalue weighted by Gasteiger charge is -2.10. The minimum atomic E-state index is 0.469. The fourth-order valence-electron chi connectivity index (χ4n) is 1.06. The molecule has 0 radical (unpaired) electrons. The van der Waals surface area contributed by atoms with E-state index in [-0.39, 0.29) is 0 Å². The first kappa shape index (κ1) is 9.71. The molecular weight excluding hydrogens is 168 g/mol. The summed E-state index contributed by atoms with van der Waals surface area (Å²) in [5.41, 5.74) is 5.40. The van der Waals surface area contributed by atoms with E-state index in [1.807, 2.05) is 0 Å². The van der Waals surface area contributed by atoms with Crippen LogP contribution < -0.4 is 11.1 Å². The van der Waals surface area contributed by atoms with Gasteiger partial charge in [0, 0.05) is 10.9 Å². The summed E-state index contributed by atoms with van der Waals surface area (Å²) in [6, 6.07) is 4.71. The normalized spacial score (nSPS) is 13.2. The molecule has 0 unspecified atom stereocenters. The van der Waals surface area contributed by atoms with E-state index >= 15 is 0 Å². The molecule has 0 saturated carbocycles. The Morgan fingerprint density at radius 3 is 3.08 bits per heavy atom. The summed E-state index contributed by atoms with van der Waals surface area (Å²) >= 11 is 1.80. The van der Waals surface area contributed by atoms with Gasteiger partial charge in [-0.3, -0.25) is 0 Å². The van der Waals surface area contributed by atoms with Crippen molar-refractivity contribution in [3.8, 4) is 0 Å².